The van der Waals surface area contributed by atoms with Crippen LogP contribution in [0.15, 0.2) is 48.7 Å². The van der Waals surface area contributed by atoms with Gasteiger partial charge in [0, 0.05) is 23.5 Å². The molecule has 0 atom stereocenters. The highest BCUT2D eigenvalue weighted by atomic mass is 35.5. The van der Waals surface area contributed by atoms with Gasteiger partial charge in [0.25, 0.3) is 5.91 Å². The molecular weight excluding hydrogens is 407 g/mol. The third-order valence-corrected chi connectivity index (χ3v) is 5.63. The van der Waals surface area contributed by atoms with Crippen molar-refractivity contribution in [1.82, 2.24) is 15.3 Å². The van der Waals surface area contributed by atoms with Gasteiger partial charge in [-0.3, -0.25) is 9.59 Å². The Hall–Kier alpha value is -3.06. The highest BCUT2D eigenvalue weighted by molar-refractivity contribution is 6.33. The monoisotopic (exact) mass is 426 g/mol. The zero-order chi connectivity index (χ0) is 21.1. The van der Waals surface area contributed by atoms with Crippen LogP contribution in [-0.4, -0.2) is 27.8 Å². The Bertz CT molecular complexity index is 1100. The van der Waals surface area contributed by atoms with Crippen LogP contribution in [0.4, 0.5) is 10.1 Å². The van der Waals surface area contributed by atoms with Gasteiger partial charge in [-0.1, -0.05) is 11.6 Å². The number of amides is 2. The molecule has 0 spiro atoms. The van der Waals surface area contributed by atoms with Crippen LogP contribution < -0.4 is 10.6 Å². The van der Waals surface area contributed by atoms with Crippen molar-refractivity contribution >= 4 is 40.1 Å². The van der Waals surface area contributed by atoms with Gasteiger partial charge < -0.3 is 10.6 Å². The maximum Gasteiger partial charge on any atom is 0.270 e. The van der Waals surface area contributed by atoms with Gasteiger partial charge in [0.1, 0.15) is 11.5 Å². The van der Waals surface area contributed by atoms with Crippen molar-refractivity contribution in [3.8, 4) is 0 Å². The molecule has 1 fully saturated rings. The summed E-state index contributed by atoms with van der Waals surface area (Å²) >= 11 is 5.97. The molecule has 0 saturated heterocycles. The van der Waals surface area contributed by atoms with Crippen molar-refractivity contribution in [1.29, 1.82) is 0 Å². The van der Waals surface area contributed by atoms with E-state index in [9.17, 15) is 14.0 Å². The quantitative estimate of drug-likeness (QED) is 0.649. The number of benzene rings is 1. The highest BCUT2D eigenvalue weighted by Crippen LogP contribution is 2.28. The van der Waals surface area contributed by atoms with E-state index in [1.165, 1.54) is 18.2 Å². The second kappa shape index (κ2) is 8.75. The van der Waals surface area contributed by atoms with Crippen LogP contribution in [0.5, 0.6) is 0 Å². The normalized spacial score (nSPS) is 18.7. The largest absolute Gasteiger partial charge is 0.348 e. The highest BCUT2D eigenvalue weighted by Gasteiger charge is 2.28. The molecule has 2 amide bonds. The molecule has 0 bridgehead atoms. The summed E-state index contributed by atoms with van der Waals surface area (Å²) in [4.78, 5) is 33.6. The maximum absolute atomic E-state index is 13.1. The molecule has 6 nitrogen and oxygen atoms in total. The number of aromatic nitrogens is 2. The molecule has 2 heterocycles. The molecule has 1 aliphatic rings. The fraction of sp³-hybridized carbons (Fsp3) is 0.273. The molecule has 1 aliphatic carbocycles. The molecule has 0 unspecified atom stereocenters. The minimum Gasteiger partial charge on any atom is -0.348 e. The van der Waals surface area contributed by atoms with Gasteiger partial charge in [0.15, 0.2) is 5.65 Å². The first-order chi connectivity index (χ1) is 14.5. The molecule has 0 aliphatic heterocycles. The van der Waals surface area contributed by atoms with E-state index in [1.807, 2.05) is 18.2 Å². The van der Waals surface area contributed by atoms with Crippen LogP contribution in [0.2, 0.25) is 5.02 Å². The summed E-state index contributed by atoms with van der Waals surface area (Å²) in [5.74, 6) is -1.02. The summed E-state index contributed by atoms with van der Waals surface area (Å²) in [5, 5.41) is 6.81. The van der Waals surface area contributed by atoms with Gasteiger partial charge in [-0.15, -0.1) is 0 Å². The molecule has 30 heavy (non-hydrogen) atoms. The summed E-state index contributed by atoms with van der Waals surface area (Å²) in [7, 11) is 0. The van der Waals surface area contributed by atoms with Gasteiger partial charge in [-0.2, -0.15) is 0 Å². The lowest BCUT2D eigenvalue weighted by Gasteiger charge is -2.28. The number of carbonyl (C=O) groups is 2. The molecule has 154 valence electrons. The SMILES string of the molecule is O=C(N[C@H]1CC[C@H](C(=O)Nc2ccc(F)cc2Cl)CC1)c1ccc2cccnc2n1. The van der Waals surface area contributed by atoms with Gasteiger partial charge in [-0.05, 0) is 68.1 Å². The van der Waals surface area contributed by atoms with Crippen LogP contribution in [0.3, 0.4) is 0 Å². The zero-order valence-corrected chi connectivity index (χ0v) is 16.8. The number of carbonyl (C=O) groups excluding carboxylic acids is 2. The first-order valence-corrected chi connectivity index (χ1v) is 10.2. The summed E-state index contributed by atoms with van der Waals surface area (Å²) in [6.45, 7) is 0. The van der Waals surface area contributed by atoms with E-state index in [1.54, 1.807) is 12.3 Å². The fourth-order valence-corrected chi connectivity index (χ4v) is 3.88. The van der Waals surface area contributed by atoms with E-state index < -0.39 is 5.82 Å². The summed E-state index contributed by atoms with van der Waals surface area (Å²) in [6.07, 6.45) is 4.30. The van der Waals surface area contributed by atoms with Gasteiger partial charge in [0.2, 0.25) is 5.91 Å². The number of anilines is 1. The summed E-state index contributed by atoms with van der Waals surface area (Å²) in [5.41, 5.74) is 1.26. The Balaban J connectivity index is 1.31. The predicted molar refractivity (Wildman–Crippen MR) is 113 cm³/mol. The van der Waals surface area contributed by atoms with Crippen LogP contribution in [0, 0.1) is 11.7 Å². The lowest BCUT2D eigenvalue weighted by atomic mass is 9.85. The van der Waals surface area contributed by atoms with Crippen LogP contribution in [-0.2, 0) is 4.79 Å². The molecule has 1 aromatic carbocycles. The molecular formula is C22H20ClFN4O2. The minimum atomic E-state index is -0.453. The first-order valence-electron chi connectivity index (χ1n) is 9.78. The van der Waals surface area contributed by atoms with Crippen molar-refractivity contribution in [2.45, 2.75) is 31.7 Å². The van der Waals surface area contributed by atoms with Crippen molar-refractivity contribution < 1.29 is 14.0 Å². The molecule has 3 aromatic rings. The molecule has 2 aromatic heterocycles. The number of halogens is 2. The fourth-order valence-electron chi connectivity index (χ4n) is 3.66. The topological polar surface area (TPSA) is 84.0 Å². The Morgan fingerprint density at radius 3 is 2.63 bits per heavy atom. The minimum absolute atomic E-state index is 0.0165. The molecule has 1 saturated carbocycles. The second-order valence-electron chi connectivity index (χ2n) is 7.38. The van der Waals surface area contributed by atoms with Gasteiger partial charge >= 0.3 is 0 Å². The van der Waals surface area contributed by atoms with Crippen LogP contribution in [0.25, 0.3) is 11.0 Å². The molecule has 0 radical (unpaired) electrons. The molecule has 4 rings (SSSR count). The van der Waals surface area contributed by atoms with Crippen molar-refractivity contribution in [3.05, 3.63) is 65.2 Å². The van der Waals surface area contributed by atoms with Crippen molar-refractivity contribution in [2.24, 2.45) is 5.92 Å². The van der Waals surface area contributed by atoms with Gasteiger partial charge in [0.05, 0.1) is 10.7 Å². The lowest BCUT2D eigenvalue weighted by molar-refractivity contribution is -0.120. The maximum atomic E-state index is 13.1. The van der Waals surface area contributed by atoms with Gasteiger partial charge in [-0.25, -0.2) is 14.4 Å². The van der Waals surface area contributed by atoms with Crippen molar-refractivity contribution in [2.75, 3.05) is 5.32 Å². The van der Waals surface area contributed by atoms with E-state index in [-0.39, 0.29) is 28.8 Å². The number of hydrogen-bond acceptors (Lipinski definition) is 4. The summed E-state index contributed by atoms with van der Waals surface area (Å²) in [6, 6.07) is 11.1. The van der Waals surface area contributed by atoms with E-state index in [0.717, 1.165) is 5.39 Å². The lowest BCUT2D eigenvalue weighted by Crippen LogP contribution is -2.39. The van der Waals surface area contributed by atoms with E-state index in [0.29, 0.717) is 42.7 Å². The van der Waals surface area contributed by atoms with Crippen LogP contribution in [0.1, 0.15) is 36.2 Å². The smallest absolute Gasteiger partial charge is 0.270 e. The van der Waals surface area contributed by atoms with E-state index in [2.05, 4.69) is 20.6 Å². The standard InChI is InChI=1S/C22H20ClFN4O2/c23-17-12-15(24)6-10-18(17)28-21(29)14-3-7-16(8-4-14)26-22(30)19-9-5-13-2-1-11-25-20(13)27-19/h1-2,5-6,9-12,14,16H,3-4,7-8H2,(H,26,30)(H,28,29)/t14-,16-. The number of rotatable bonds is 4. The van der Waals surface area contributed by atoms with Crippen LogP contribution >= 0.6 is 11.6 Å². The Morgan fingerprint density at radius 1 is 1.07 bits per heavy atom. The number of nitrogens with zero attached hydrogens (tertiary/aromatic N) is 2. The number of fused-ring (bicyclic) bond motifs is 1. The van der Waals surface area contributed by atoms with E-state index in [4.69, 9.17) is 11.6 Å². The first kappa shape index (κ1) is 20.2. The third-order valence-electron chi connectivity index (χ3n) is 5.32. The molecule has 2 N–H and O–H groups in total. The van der Waals surface area contributed by atoms with E-state index >= 15 is 0 Å². The average Bonchev–Trinajstić information content (AvgIpc) is 2.75. The number of pyridine rings is 2. The zero-order valence-electron chi connectivity index (χ0n) is 16.1. The number of nitrogens with one attached hydrogen (secondary N) is 2. The third kappa shape index (κ3) is 4.57. The molecule has 8 heteroatoms. The number of hydrogen-bond donors (Lipinski definition) is 2. The Morgan fingerprint density at radius 2 is 1.87 bits per heavy atom. The van der Waals surface area contributed by atoms with Crippen molar-refractivity contribution in [3.63, 3.8) is 0 Å². The Labute approximate surface area is 177 Å². The Kier molecular flexibility index (Phi) is 5.90. The second-order valence-corrected chi connectivity index (χ2v) is 7.79. The average molecular weight is 427 g/mol. The predicted octanol–water partition coefficient (Wildman–Crippen LogP) is 4.35. The summed E-state index contributed by atoms with van der Waals surface area (Å²) < 4.78 is 13.1.